The summed E-state index contributed by atoms with van der Waals surface area (Å²) < 4.78 is 0. The van der Waals surface area contributed by atoms with Gasteiger partial charge in [0.15, 0.2) is 5.16 Å². The Kier molecular flexibility index (Phi) is 7.00. The summed E-state index contributed by atoms with van der Waals surface area (Å²) in [5.41, 5.74) is -1.20. The van der Waals surface area contributed by atoms with Crippen molar-refractivity contribution in [2.45, 2.75) is 24.0 Å². The minimum Gasteiger partial charge on any atom is -0.394 e. The highest BCUT2D eigenvalue weighted by atomic mass is 32.2. The van der Waals surface area contributed by atoms with E-state index < -0.39 is 25.4 Å². The van der Waals surface area contributed by atoms with Crippen molar-refractivity contribution in [3.8, 4) is 0 Å². The third kappa shape index (κ3) is 4.48. The van der Waals surface area contributed by atoms with Crippen molar-refractivity contribution in [2.75, 3.05) is 43.3 Å². The summed E-state index contributed by atoms with van der Waals surface area (Å²) in [5.74, 6) is 1.11. The van der Waals surface area contributed by atoms with Gasteiger partial charge in [-0.15, -0.1) is 0 Å². The zero-order chi connectivity index (χ0) is 15.0. The number of aromatic nitrogens is 2. The Morgan fingerprint density at radius 3 is 2.25 bits per heavy atom. The van der Waals surface area contributed by atoms with Crippen LogP contribution in [0.1, 0.15) is 13.3 Å². The molecule has 1 heterocycles. The Hall–Kier alpha value is -1.09. The second kappa shape index (κ2) is 8.25. The number of rotatable bonds is 9. The molecule has 20 heavy (non-hydrogen) atoms. The Morgan fingerprint density at radius 1 is 1.15 bits per heavy atom. The summed E-state index contributed by atoms with van der Waals surface area (Å²) in [6.07, 6.45) is 2.83. The Labute approximate surface area is 122 Å². The third-order valence-electron chi connectivity index (χ3n) is 2.75. The molecule has 0 aliphatic heterocycles. The van der Waals surface area contributed by atoms with Gasteiger partial charge in [0.25, 0.3) is 0 Å². The summed E-state index contributed by atoms with van der Waals surface area (Å²) in [6.45, 7) is 1.62. The van der Waals surface area contributed by atoms with Crippen LogP contribution in [-0.4, -0.2) is 63.4 Å². The first-order valence-corrected chi connectivity index (χ1v) is 7.63. The lowest BCUT2D eigenvalue weighted by atomic mass is 10.0. The van der Waals surface area contributed by atoms with Crippen molar-refractivity contribution >= 4 is 23.4 Å². The van der Waals surface area contributed by atoms with E-state index in [1.165, 1.54) is 11.8 Å². The van der Waals surface area contributed by atoms with Gasteiger partial charge in [-0.1, -0.05) is 18.7 Å². The highest BCUT2D eigenvalue weighted by molar-refractivity contribution is 7.98. The van der Waals surface area contributed by atoms with Gasteiger partial charge in [-0.2, -0.15) is 0 Å². The Balaban J connectivity index is 2.98. The molecule has 0 aliphatic carbocycles. The average Bonchev–Trinajstić information content (AvgIpc) is 2.50. The van der Waals surface area contributed by atoms with E-state index in [0.717, 1.165) is 13.0 Å². The summed E-state index contributed by atoms with van der Waals surface area (Å²) in [4.78, 5) is 8.57. The molecule has 1 aromatic rings. The molecule has 5 N–H and O–H groups in total. The van der Waals surface area contributed by atoms with E-state index in [0.29, 0.717) is 16.8 Å². The predicted octanol–water partition coefficient (Wildman–Crippen LogP) is 0.148. The largest absolute Gasteiger partial charge is 0.394 e. The summed E-state index contributed by atoms with van der Waals surface area (Å²) in [7, 11) is 0. The molecule has 0 atom stereocenters. The highest BCUT2D eigenvalue weighted by Crippen LogP contribution is 2.20. The first-order valence-electron chi connectivity index (χ1n) is 6.40. The van der Waals surface area contributed by atoms with Gasteiger partial charge in [-0.3, -0.25) is 0 Å². The van der Waals surface area contributed by atoms with Crippen LogP contribution in [0.3, 0.4) is 0 Å². The lowest BCUT2D eigenvalue weighted by molar-refractivity contribution is 0.0830. The quantitative estimate of drug-likeness (QED) is 0.324. The smallest absolute Gasteiger partial charge is 0.191 e. The number of aliphatic hydroxyl groups is 3. The maximum Gasteiger partial charge on any atom is 0.191 e. The maximum atomic E-state index is 9.33. The first-order chi connectivity index (χ1) is 9.62. The van der Waals surface area contributed by atoms with Crippen LogP contribution in [-0.2, 0) is 0 Å². The molecule has 114 valence electrons. The number of hydrogen-bond acceptors (Lipinski definition) is 8. The topological polar surface area (TPSA) is 111 Å². The second-order valence-corrected chi connectivity index (χ2v) is 5.20. The van der Waals surface area contributed by atoms with Crippen molar-refractivity contribution in [1.29, 1.82) is 0 Å². The van der Waals surface area contributed by atoms with E-state index in [9.17, 15) is 15.3 Å². The van der Waals surface area contributed by atoms with E-state index in [1.807, 2.05) is 6.26 Å². The van der Waals surface area contributed by atoms with Gasteiger partial charge in [0.1, 0.15) is 17.2 Å². The molecular formula is C12H22N4O3S. The van der Waals surface area contributed by atoms with Gasteiger partial charge in [0.2, 0.25) is 0 Å². The fourth-order valence-corrected chi connectivity index (χ4v) is 1.84. The molecule has 0 bridgehead atoms. The van der Waals surface area contributed by atoms with Crippen molar-refractivity contribution in [1.82, 2.24) is 9.97 Å². The first kappa shape index (κ1) is 17.0. The molecule has 0 aliphatic rings. The number of thioether (sulfide) groups is 1. The van der Waals surface area contributed by atoms with Crippen LogP contribution in [0.2, 0.25) is 0 Å². The van der Waals surface area contributed by atoms with E-state index in [4.69, 9.17) is 0 Å². The number of anilines is 2. The monoisotopic (exact) mass is 302 g/mol. The number of aliphatic hydroxyl groups excluding tert-OH is 3. The van der Waals surface area contributed by atoms with Crippen molar-refractivity contribution in [2.24, 2.45) is 0 Å². The van der Waals surface area contributed by atoms with Crippen LogP contribution in [0.15, 0.2) is 11.2 Å². The molecule has 0 spiro atoms. The van der Waals surface area contributed by atoms with Crippen LogP contribution in [0.25, 0.3) is 0 Å². The molecule has 0 unspecified atom stereocenters. The van der Waals surface area contributed by atoms with E-state index in [1.54, 1.807) is 6.07 Å². The van der Waals surface area contributed by atoms with E-state index in [2.05, 4.69) is 27.5 Å². The summed E-state index contributed by atoms with van der Waals surface area (Å²) in [6, 6.07) is 1.69. The summed E-state index contributed by atoms with van der Waals surface area (Å²) >= 11 is 1.39. The normalized spacial score (nSPS) is 11.4. The van der Waals surface area contributed by atoms with Crippen molar-refractivity contribution in [3.63, 3.8) is 0 Å². The number of nitrogens with one attached hydrogen (secondary N) is 2. The van der Waals surface area contributed by atoms with Crippen LogP contribution < -0.4 is 10.6 Å². The zero-order valence-corrected chi connectivity index (χ0v) is 12.6. The lowest BCUT2D eigenvalue weighted by Crippen LogP contribution is -2.49. The Bertz CT molecular complexity index is 407. The van der Waals surface area contributed by atoms with Gasteiger partial charge in [0, 0.05) is 12.6 Å². The fourth-order valence-electron chi connectivity index (χ4n) is 1.46. The molecule has 0 saturated carbocycles. The fraction of sp³-hybridized carbons (Fsp3) is 0.667. The molecule has 1 aromatic heterocycles. The SMILES string of the molecule is CCCNc1cc(NC(CO)(CO)CO)nc(SC)n1. The molecule has 0 fully saturated rings. The van der Waals surface area contributed by atoms with Crippen molar-refractivity contribution < 1.29 is 15.3 Å². The van der Waals surface area contributed by atoms with Crippen molar-refractivity contribution in [3.05, 3.63) is 6.07 Å². The van der Waals surface area contributed by atoms with Crippen LogP contribution in [0, 0.1) is 0 Å². The van der Waals surface area contributed by atoms with Gasteiger partial charge < -0.3 is 26.0 Å². The molecule has 7 nitrogen and oxygen atoms in total. The lowest BCUT2D eigenvalue weighted by Gasteiger charge is -2.29. The molecule has 1 rings (SSSR count). The standard InChI is InChI=1S/C12H22N4O3S/c1-3-4-13-9-5-10(15-11(14-9)20-2)16-12(6-17,7-18)8-19/h5,17-19H,3-4,6-8H2,1-2H3,(H2,13,14,15,16). The van der Waals surface area contributed by atoms with Gasteiger partial charge in [0.05, 0.1) is 19.8 Å². The van der Waals surface area contributed by atoms with Gasteiger partial charge >= 0.3 is 0 Å². The molecule has 0 radical (unpaired) electrons. The van der Waals surface area contributed by atoms with E-state index in [-0.39, 0.29) is 0 Å². The predicted molar refractivity (Wildman–Crippen MR) is 80.2 cm³/mol. The van der Waals surface area contributed by atoms with Gasteiger partial charge in [-0.25, -0.2) is 9.97 Å². The van der Waals surface area contributed by atoms with Crippen LogP contribution in [0.4, 0.5) is 11.6 Å². The molecule has 8 heteroatoms. The minimum atomic E-state index is -1.20. The average molecular weight is 302 g/mol. The molecular weight excluding hydrogens is 280 g/mol. The minimum absolute atomic E-state index is 0.406. The highest BCUT2D eigenvalue weighted by Gasteiger charge is 2.28. The third-order valence-corrected chi connectivity index (χ3v) is 3.29. The maximum absolute atomic E-state index is 9.33. The molecule has 0 amide bonds. The van der Waals surface area contributed by atoms with Crippen LogP contribution in [0.5, 0.6) is 0 Å². The van der Waals surface area contributed by atoms with Crippen LogP contribution >= 0.6 is 11.8 Å². The van der Waals surface area contributed by atoms with E-state index >= 15 is 0 Å². The summed E-state index contributed by atoms with van der Waals surface area (Å²) in [5, 5.41) is 34.6. The second-order valence-electron chi connectivity index (χ2n) is 4.43. The Morgan fingerprint density at radius 2 is 1.75 bits per heavy atom. The molecule has 0 aromatic carbocycles. The number of nitrogens with zero attached hydrogens (tertiary/aromatic N) is 2. The van der Waals surface area contributed by atoms with Gasteiger partial charge in [-0.05, 0) is 12.7 Å². The zero-order valence-electron chi connectivity index (χ0n) is 11.8. The number of hydrogen-bond donors (Lipinski definition) is 5. The molecule has 0 saturated heterocycles.